The van der Waals surface area contributed by atoms with Crippen LogP contribution in [0.5, 0.6) is 5.75 Å². The van der Waals surface area contributed by atoms with Crippen LogP contribution in [0.1, 0.15) is 43.9 Å². The van der Waals surface area contributed by atoms with Crippen molar-refractivity contribution in [3.63, 3.8) is 0 Å². The van der Waals surface area contributed by atoms with Crippen LogP contribution in [-0.2, 0) is 6.42 Å². The Labute approximate surface area is 132 Å². The fraction of sp³-hybridized carbons (Fsp3) is 0.444. The summed E-state index contributed by atoms with van der Waals surface area (Å²) in [5.74, 6) is 3.27. The summed E-state index contributed by atoms with van der Waals surface area (Å²) in [6.07, 6.45) is 1.81. The summed E-state index contributed by atoms with van der Waals surface area (Å²) in [4.78, 5) is 0. The quantitative estimate of drug-likeness (QED) is 0.625. The van der Waals surface area contributed by atoms with E-state index in [9.17, 15) is 0 Å². The topological polar surface area (TPSA) is 22.4 Å². The third kappa shape index (κ3) is 3.82. The number of rotatable bonds is 6. The Bertz CT molecular complexity index is 569. The molecular weight excluding hydrogens is 284 g/mol. The predicted molar refractivity (Wildman–Crippen MR) is 88.1 cm³/mol. The molecule has 0 fully saturated rings. The van der Waals surface area contributed by atoms with E-state index in [0.717, 1.165) is 41.2 Å². The highest BCUT2D eigenvalue weighted by Gasteiger charge is 2.19. The van der Waals surface area contributed by atoms with E-state index in [-0.39, 0.29) is 5.38 Å². The molecule has 3 heteroatoms. The van der Waals surface area contributed by atoms with Gasteiger partial charge in [-0.1, -0.05) is 20.8 Å². The first-order valence-electron chi connectivity index (χ1n) is 7.46. The zero-order valence-electron chi connectivity index (χ0n) is 13.2. The number of ether oxygens (including phenoxy) is 1. The predicted octanol–water partition coefficient (Wildman–Crippen LogP) is 5.84. The van der Waals surface area contributed by atoms with Crippen molar-refractivity contribution in [1.29, 1.82) is 0 Å². The lowest BCUT2D eigenvalue weighted by Gasteiger charge is -2.11. The van der Waals surface area contributed by atoms with Gasteiger partial charge in [0.05, 0.1) is 12.5 Å². The molecule has 114 valence electrons. The molecule has 21 heavy (non-hydrogen) atoms. The molecule has 0 aliphatic carbocycles. The third-order valence-electron chi connectivity index (χ3n) is 3.55. The van der Waals surface area contributed by atoms with Crippen molar-refractivity contribution in [3.05, 3.63) is 41.7 Å². The summed E-state index contributed by atoms with van der Waals surface area (Å²) in [5, 5.41) is 0.00991. The molecule has 0 saturated carbocycles. The number of hydrogen-bond donors (Lipinski definition) is 0. The largest absolute Gasteiger partial charge is 0.497 e. The SMILES string of the molecule is CCc1oc(-c2ccc(OC)cc2)cc1C(Cl)CC(C)C. The van der Waals surface area contributed by atoms with Crippen molar-refractivity contribution in [2.75, 3.05) is 7.11 Å². The normalized spacial score (nSPS) is 12.7. The maximum Gasteiger partial charge on any atom is 0.134 e. The van der Waals surface area contributed by atoms with Crippen molar-refractivity contribution < 1.29 is 9.15 Å². The monoisotopic (exact) mass is 306 g/mol. The molecule has 2 nitrogen and oxygen atoms in total. The lowest BCUT2D eigenvalue weighted by atomic mass is 10.0. The maximum absolute atomic E-state index is 6.55. The molecule has 0 spiro atoms. The Morgan fingerprint density at radius 2 is 1.86 bits per heavy atom. The third-order valence-corrected chi connectivity index (χ3v) is 3.97. The van der Waals surface area contributed by atoms with Gasteiger partial charge < -0.3 is 9.15 Å². The number of methoxy groups -OCH3 is 1. The lowest BCUT2D eigenvalue weighted by molar-refractivity contribution is 0.415. The van der Waals surface area contributed by atoms with Crippen LogP contribution in [0.15, 0.2) is 34.7 Å². The van der Waals surface area contributed by atoms with Gasteiger partial charge in [0.25, 0.3) is 0 Å². The smallest absolute Gasteiger partial charge is 0.134 e. The van der Waals surface area contributed by atoms with Gasteiger partial charge in [-0.25, -0.2) is 0 Å². The summed E-state index contributed by atoms with van der Waals surface area (Å²) in [6, 6.07) is 9.98. The standard InChI is InChI=1S/C18H23ClO2/c1-5-17-15(16(19)10-12(2)3)11-18(21-17)13-6-8-14(20-4)9-7-13/h6-9,11-12,16H,5,10H2,1-4H3. The van der Waals surface area contributed by atoms with Crippen molar-refractivity contribution >= 4 is 11.6 Å². The second-order valence-corrected chi connectivity index (χ2v) is 6.20. The van der Waals surface area contributed by atoms with Crippen molar-refractivity contribution in [3.8, 4) is 17.1 Å². The van der Waals surface area contributed by atoms with Crippen LogP contribution in [0.2, 0.25) is 0 Å². The molecular formula is C18H23ClO2. The number of aryl methyl sites for hydroxylation is 1. The van der Waals surface area contributed by atoms with Gasteiger partial charge in [-0.3, -0.25) is 0 Å². The minimum atomic E-state index is 0.00991. The van der Waals surface area contributed by atoms with Crippen molar-refractivity contribution in [2.45, 2.75) is 39.0 Å². The molecule has 0 bridgehead atoms. The van der Waals surface area contributed by atoms with Crippen LogP contribution < -0.4 is 4.74 Å². The molecule has 0 radical (unpaired) electrons. The Morgan fingerprint density at radius 3 is 2.38 bits per heavy atom. The molecule has 0 aliphatic heterocycles. The highest BCUT2D eigenvalue weighted by atomic mass is 35.5. The van der Waals surface area contributed by atoms with Gasteiger partial charge in [0.2, 0.25) is 0 Å². The average Bonchev–Trinajstić information content (AvgIpc) is 2.91. The minimum absolute atomic E-state index is 0.00991. The fourth-order valence-corrected chi connectivity index (χ4v) is 2.96. The van der Waals surface area contributed by atoms with Gasteiger partial charge in [0.15, 0.2) is 0 Å². The summed E-state index contributed by atoms with van der Waals surface area (Å²) in [5.41, 5.74) is 2.17. The first-order chi connectivity index (χ1) is 10.0. The second-order valence-electron chi connectivity index (χ2n) is 5.67. The van der Waals surface area contributed by atoms with E-state index in [1.807, 2.05) is 24.3 Å². The Morgan fingerprint density at radius 1 is 1.19 bits per heavy atom. The maximum atomic E-state index is 6.55. The highest BCUT2D eigenvalue weighted by Crippen LogP contribution is 2.36. The molecule has 0 amide bonds. The van der Waals surface area contributed by atoms with E-state index >= 15 is 0 Å². The molecule has 1 aromatic heterocycles. The van der Waals surface area contributed by atoms with Crippen LogP contribution >= 0.6 is 11.6 Å². The van der Waals surface area contributed by atoms with Crippen LogP contribution in [-0.4, -0.2) is 7.11 Å². The summed E-state index contributed by atoms with van der Waals surface area (Å²) >= 11 is 6.55. The van der Waals surface area contributed by atoms with Crippen molar-refractivity contribution in [2.24, 2.45) is 5.92 Å². The Kier molecular flexibility index (Phi) is 5.35. The zero-order chi connectivity index (χ0) is 15.4. The molecule has 2 aromatic rings. The zero-order valence-corrected chi connectivity index (χ0v) is 13.9. The number of halogens is 1. The van der Waals surface area contributed by atoms with E-state index in [2.05, 4.69) is 26.8 Å². The van der Waals surface area contributed by atoms with Gasteiger partial charge >= 0.3 is 0 Å². The van der Waals surface area contributed by atoms with Crippen LogP contribution in [0.3, 0.4) is 0 Å². The van der Waals surface area contributed by atoms with E-state index in [1.54, 1.807) is 7.11 Å². The fourth-order valence-electron chi connectivity index (χ4n) is 2.42. The molecule has 1 heterocycles. The van der Waals surface area contributed by atoms with E-state index in [4.69, 9.17) is 20.8 Å². The van der Waals surface area contributed by atoms with Gasteiger partial charge in [-0.05, 0) is 42.7 Å². The number of furan rings is 1. The Hall–Kier alpha value is -1.41. The van der Waals surface area contributed by atoms with Crippen LogP contribution in [0.4, 0.5) is 0 Å². The molecule has 0 N–H and O–H groups in total. The van der Waals surface area contributed by atoms with E-state index in [0.29, 0.717) is 5.92 Å². The summed E-state index contributed by atoms with van der Waals surface area (Å²) in [6.45, 7) is 6.47. The molecule has 2 rings (SSSR count). The first-order valence-corrected chi connectivity index (χ1v) is 7.89. The highest BCUT2D eigenvalue weighted by molar-refractivity contribution is 6.20. The summed E-state index contributed by atoms with van der Waals surface area (Å²) < 4.78 is 11.2. The van der Waals surface area contributed by atoms with Gasteiger partial charge in [0, 0.05) is 17.5 Å². The van der Waals surface area contributed by atoms with Gasteiger partial charge in [-0.15, -0.1) is 11.6 Å². The minimum Gasteiger partial charge on any atom is -0.497 e. The second kappa shape index (κ2) is 7.04. The van der Waals surface area contributed by atoms with Crippen LogP contribution in [0.25, 0.3) is 11.3 Å². The average molecular weight is 307 g/mol. The molecule has 1 unspecified atom stereocenters. The van der Waals surface area contributed by atoms with Gasteiger partial charge in [-0.2, -0.15) is 0 Å². The number of hydrogen-bond acceptors (Lipinski definition) is 2. The molecule has 1 atom stereocenters. The van der Waals surface area contributed by atoms with Gasteiger partial charge in [0.1, 0.15) is 17.3 Å². The van der Waals surface area contributed by atoms with Crippen molar-refractivity contribution in [1.82, 2.24) is 0 Å². The number of benzene rings is 1. The summed E-state index contributed by atoms with van der Waals surface area (Å²) in [7, 11) is 1.67. The molecule has 0 saturated heterocycles. The number of alkyl halides is 1. The van der Waals surface area contributed by atoms with E-state index < -0.39 is 0 Å². The first kappa shape index (κ1) is 16.0. The van der Waals surface area contributed by atoms with Crippen LogP contribution in [0, 0.1) is 5.92 Å². The molecule has 0 aliphatic rings. The van der Waals surface area contributed by atoms with E-state index in [1.165, 1.54) is 0 Å². The Balaban J connectivity index is 2.30. The molecule has 1 aromatic carbocycles. The lowest BCUT2D eigenvalue weighted by Crippen LogP contribution is -1.97.